The first-order valence-electron chi connectivity index (χ1n) is 9.72. The molecule has 3 amide bonds. The Labute approximate surface area is 179 Å². The number of rotatable bonds is 5. The Morgan fingerprint density at radius 1 is 1.23 bits per heavy atom. The molecule has 1 atom stereocenters. The molecule has 2 aliphatic rings. The first kappa shape index (κ1) is 20.2. The van der Waals surface area contributed by atoms with E-state index in [1.54, 1.807) is 46.2 Å². The maximum Gasteiger partial charge on any atom is 0.257 e. The molecule has 0 bridgehead atoms. The van der Waals surface area contributed by atoms with Crippen LogP contribution in [0.25, 0.3) is 0 Å². The summed E-state index contributed by atoms with van der Waals surface area (Å²) in [4.78, 5) is 41.7. The standard InChI is InChI=1S/C22H22ClN3O4/c1-22-11-9-20(28)26(22)17-6-4-3-5-15(17)21(29)25(22)12-10-19(27)24-16-13-14(23)7-8-18(16)30-2/h3-8,13H,9-12H2,1-2H3,(H,24,27). The van der Waals surface area contributed by atoms with E-state index >= 15 is 0 Å². The van der Waals surface area contributed by atoms with Gasteiger partial charge in [-0.2, -0.15) is 0 Å². The molecule has 0 saturated carbocycles. The van der Waals surface area contributed by atoms with Crippen molar-refractivity contribution in [3.63, 3.8) is 0 Å². The van der Waals surface area contributed by atoms with Gasteiger partial charge < -0.3 is 15.0 Å². The first-order chi connectivity index (χ1) is 14.3. The largest absolute Gasteiger partial charge is 0.495 e. The molecule has 0 aliphatic carbocycles. The van der Waals surface area contributed by atoms with Gasteiger partial charge in [-0.05, 0) is 43.7 Å². The van der Waals surface area contributed by atoms with Crippen molar-refractivity contribution in [3.05, 3.63) is 53.1 Å². The van der Waals surface area contributed by atoms with Crippen LogP contribution in [0.2, 0.25) is 5.02 Å². The average Bonchev–Trinajstić information content (AvgIpc) is 3.03. The highest BCUT2D eigenvalue weighted by Crippen LogP contribution is 2.44. The van der Waals surface area contributed by atoms with Gasteiger partial charge in [0, 0.05) is 24.4 Å². The molecule has 4 rings (SSSR count). The molecule has 2 aliphatic heterocycles. The molecule has 2 aromatic rings. The molecule has 2 aromatic carbocycles. The van der Waals surface area contributed by atoms with Crippen molar-refractivity contribution >= 4 is 40.7 Å². The zero-order valence-corrected chi connectivity index (χ0v) is 17.5. The Hall–Kier alpha value is -3.06. The fourth-order valence-corrected chi connectivity index (χ4v) is 4.42. The summed E-state index contributed by atoms with van der Waals surface area (Å²) in [5, 5.41) is 3.26. The molecule has 2 heterocycles. The van der Waals surface area contributed by atoms with E-state index in [1.807, 2.05) is 13.0 Å². The van der Waals surface area contributed by atoms with Gasteiger partial charge in [-0.1, -0.05) is 23.7 Å². The predicted molar refractivity (Wildman–Crippen MR) is 114 cm³/mol. The van der Waals surface area contributed by atoms with E-state index in [2.05, 4.69) is 5.32 Å². The molecule has 0 spiro atoms. The molecule has 156 valence electrons. The summed E-state index contributed by atoms with van der Waals surface area (Å²) in [5.41, 5.74) is 0.796. The number of benzene rings is 2. The third-order valence-corrected chi connectivity index (χ3v) is 5.98. The highest BCUT2D eigenvalue weighted by atomic mass is 35.5. The quantitative estimate of drug-likeness (QED) is 0.789. The second kappa shape index (κ2) is 7.65. The lowest BCUT2D eigenvalue weighted by Gasteiger charge is -2.48. The van der Waals surface area contributed by atoms with Gasteiger partial charge in [0.15, 0.2) is 0 Å². The number of halogens is 1. The molecule has 30 heavy (non-hydrogen) atoms. The highest BCUT2D eigenvalue weighted by molar-refractivity contribution is 6.31. The number of ether oxygens (including phenoxy) is 1. The fraction of sp³-hybridized carbons (Fsp3) is 0.318. The molecule has 7 nitrogen and oxygen atoms in total. The Morgan fingerprint density at radius 3 is 2.77 bits per heavy atom. The maximum atomic E-state index is 13.2. The number of para-hydroxylation sites is 1. The van der Waals surface area contributed by atoms with Gasteiger partial charge in [-0.25, -0.2) is 0 Å². The van der Waals surface area contributed by atoms with E-state index < -0.39 is 5.66 Å². The van der Waals surface area contributed by atoms with Crippen molar-refractivity contribution in [2.45, 2.75) is 31.8 Å². The smallest absolute Gasteiger partial charge is 0.257 e. The third kappa shape index (κ3) is 3.29. The van der Waals surface area contributed by atoms with Crippen LogP contribution in [0.4, 0.5) is 11.4 Å². The van der Waals surface area contributed by atoms with Crippen LogP contribution >= 0.6 is 11.6 Å². The molecular formula is C22H22ClN3O4. The van der Waals surface area contributed by atoms with Crippen LogP contribution in [0.5, 0.6) is 5.75 Å². The van der Waals surface area contributed by atoms with Gasteiger partial charge in [0.05, 0.1) is 24.0 Å². The lowest BCUT2D eigenvalue weighted by atomic mass is 9.98. The van der Waals surface area contributed by atoms with Crippen molar-refractivity contribution < 1.29 is 19.1 Å². The van der Waals surface area contributed by atoms with E-state index in [9.17, 15) is 14.4 Å². The number of nitrogens with one attached hydrogen (secondary N) is 1. The summed E-state index contributed by atoms with van der Waals surface area (Å²) in [5.74, 6) is 0.0275. The van der Waals surface area contributed by atoms with Crippen LogP contribution < -0.4 is 15.0 Å². The van der Waals surface area contributed by atoms with Crippen LogP contribution in [0, 0.1) is 0 Å². The van der Waals surface area contributed by atoms with Crippen molar-refractivity contribution in [3.8, 4) is 5.75 Å². The van der Waals surface area contributed by atoms with Crippen LogP contribution in [0.1, 0.15) is 36.5 Å². The number of methoxy groups -OCH3 is 1. The predicted octanol–water partition coefficient (Wildman–Crippen LogP) is 3.68. The molecule has 0 radical (unpaired) electrons. The molecule has 1 N–H and O–H groups in total. The molecule has 0 aromatic heterocycles. The Balaban J connectivity index is 1.55. The minimum atomic E-state index is -0.781. The lowest BCUT2D eigenvalue weighted by Crippen LogP contribution is -2.62. The second-order valence-corrected chi connectivity index (χ2v) is 8.00. The maximum absolute atomic E-state index is 13.2. The number of anilines is 2. The van der Waals surface area contributed by atoms with Gasteiger partial charge >= 0.3 is 0 Å². The minimum Gasteiger partial charge on any atom is -0.495 e. The second-order valence-electron chi connectivity index (χ2n) is 7.56. The number of hydrogen-bond donors (Lipinski definition) is 1. The zero-order chi connectivity index (χ0) is 21.5. The molecular weight excluding hydrogens is 406 g/mol. The summed E-state index contributed by atoms with van der Waals surface area (Å²) >= 11 is 6.02. The normalized spacial score (nSPS) is 20.1. The highest BCUT2D eigenvalue weighted by Gasteiger charge is 2.52. The van der Waals surface area contributed by atoms with Crippen molar-refractivity contribution in [1.82, 2.24) is 4.90 Å². The summed E-state index contributed by atoms with van der Waals surface area (Å²) < 4.78 is 5.25. The first-order valence-corrected chi connectivity index (χ1v) is 10.1. The lowest BCUT2D eigenvalue weighted by molar-refractivity contribution is -0.117. The molecule has 1 fully saturated rings. The third-order valence-electron chi connectivity index (χ3n) is 5.74. The summed E-state index contributed by atoms with van der Waals surface area (Å²) in [7, 11) is 1.51. The van der Waals surface area contributed by atoms with Crippen LogP contribution in [-0.2, 0) is 9.59 Å². The number of carbonyl (C=O) groups excluding carboxylic acids is 3. The molecule has 8 heteroatoms. The van der Waals surface area contributed by atoms with Crippen molar-refractivity contribution in [1.29, 1.82) is 0 Å². The summed E-state index contributed by atoms with van der Waals surface area (Å²) in [6, 6.07) is 12.1. The van der Waals surface area contributed by atoms with Gasteiger partial charge in [-0.3, -0.25) is 19.3 Å². The average molecular weight is 428 g/mol. The number of amides is 3. The minimum absolute atomic E-state index is 0.0180. The van der Waals surface area contributed by atoms with Gasteiger partial charge in [0.25, 0.3) is 5.91 Å². The van der Waals surface area contributed by atoms with Crippen LogP contribution in [0.15, 0.2) is 42.5 Å². The van der Waals surface area contributed by atoms with Gasteiger partial charge in [-0.15, -0.1) is 0 Å². The van der Waals surface area contributed by atoms with E-state index in [0.29, 0.717) is 40.6 Å². The Kier molecular flexibility index (Phi) is 5.15. The Bertz CT molecular complexity index is 1040. The number of carbonyl (C=O) groups is 3. The van der Waals surface area contributed by atoms with Crippen molar-refractivity contribution in [2.75, 3.05) is 23.9 Å². The molecule has 1 saturated heterocycles. The van der Waals surface area contributed by atoms with Crippen molar-refractivity contribution in [2.24, 2.45) is 0 Å². The number of hydrogen-bond acceptors (Lipinski definition) is 4. The summed E-state index contributed by atoms with van der Waals surface area (Å²) in [6.07, 6.45) is 0.956. The van der Waals surface area contributed by atoms with Gasteiger partial charge in [0.1, 0.15) is 11.4 Å². The van der Waals surface area contributed by atoms with Crippen LogP contribution in [-0.4, -0.2) is 41.9 Å². The van der Waals surface area contributed by atoms with Crippen LogP contribution in [0.3, 0.4) is 0 Å². The SMILES string of the molecule is COc1ccc(Cl)cc1NC(=O)CCN1C(=O)c2ccccc2N2C(=O)CCC12C. The topological polar surface area (TPSA) is 79.0 Å². The summed E-state index contributed by atoms with van der Waals surface area (Å²) in [6.45, 7) is 2.06. The van der Waals surface area contributed by atoms with E-state index in [-0.39, 0.29) is 30.7 Å². The van der Waals surface area contributed by atoms with Gasteiger partial charge in [0.2, 0.25) is 11.8 Å². The molecule has 1 unspecified atom stereocenters. The zero-order valence-electron chi connectivity index (χ0n) is 16.8. The van der Waals surface area contributed by atoms with E-state index in [4.69, 9.17) is 16.3 Å². The van der Waals surface area contributed by atoms with E-state index in [0.717, 1.165) is 0 Å². The monoisotopic (exact) mass is 427 g/mol. The Morgan fingerprint density at radius 2 is 2.00 bits per heavy atom. The number of nitrogens with zero attached hydrogens (tertiary/aromatic N) is 2. The fourth-order valence-electron chi connectivity index (χ4n) is 4.25. The number of fused-ring (bicyclic) bond motifs is 3. The van der Waals surface area contributed by atoms with E-state index in [1.165, 1.54) is 7.11 Å².